The van der Waals surface area contributed by atoms with Crippen LogP contribution in [-0.4, -0.2) is 51.5 Å². The molecule has 0 aliphatic carbocycles. The molecule has 0 aliphatic heterocycles. The van der Waals surface area contributed by atoms with E-state index in [1.165, 1.54) is 0 Å². The minimum absolute atomic E-state index is 0. The van der Waals surface area contributed by atoms with Crippen molar-refractivity contribution in [2.45, 2.75) is 66.8 Å². The summed E-state index contributed by atoms with van der Waals surface area (Å²) in [5.41, 5.74) is 0. The van der Waals surface area contributed by atoms with Crippen LogP contribution in [0, 0.1) is 0 Å². The van der Waals surface area contributed by atoms with E-state index >= 15 is 0 Å². The average Bonchev–Trinajstić information content (AvgIpc) is 2.15. The van der Waals surface area contributed by atoms with Crippen LogP contribution in [0.2, 0.25) is 0 Å². The maximum atomic E-state index is 10.1. The number of carbonyl (C=O) groups is 1. The molecule has 7 heteroatoms. The summed E-state index contributed by atoms with van der Waals surface area (Å²) in [6.07, 6.45) is -0.500. The Bertz CT molecular complexity index is 144. The van der Waals surface area contributed by atoms with Gasteiger partial charge in [0.05, 0.1) is 6.61 Å². The molecule has 0 bridgehead atoms. The second kappa shape index (κ2) is 27.8. The third-order valence-corrected chi connectivity index (χ3v) is 0.872. The van der Waals surface area contributed by atoms with Crippen molar-refractivity contribution in [2.75, 3.05) is 11.9 Å². The number of aliphatic hydroxyl groups excluding tert-OH is 3. The first-order valence-electron chi connectivity index (χ1n) is 6.26. The number of aliphatic hydroxyl groups is 3. The number of esters is 1. The monoisotopic (exact) mass is 394 g/mol. The summed E-state index contributed by atoms with van der Waals surface area (Å²) < 4.78 is 4.51. The molecule has 0 aromatic rings. The zero-order valence-electron chi connectivity index (χ0n) is 13.7. The van der Waals surface area contributed by atoms with E-state index in [0.29, 0.717) is 11.9 Å². The van der Waals surface area contributed by atoms with Crippen molar-refractivity contribution in [2.24, 2.45) is 0 Å². The molecule has 0 aromatic heterocycles. The maximum Gasteiger partial charge on any atom is 0.316 e. The molecule has 3 N–H and O–H groups in total. The van der Waals surface area contributed by atoms with Gasteiger partial charge in [-0.05, 0) is 48.5 Å². The van der Waals surface area contributed by atoms with Crippen LogP contribution in [0.15, 0.2) is 0 Å². The van der Waals surface area contributed by atoms with Gasteiger partial charge in [-0.1, -0.05) is 15.9 Å². The predicted octanol–water partition coefficient (Wildman–Crippen LogP) is 2.10. The van der Waals surface area contributed by atoms with Crippen molar-refractivity contribution >= 4 is 21.9 Å². The van der Waals surface area contributed by atoms with Gasteiger partial charge in [0.2, 0.25) is 0 Å². The van der Waals surface area contributed by atoms with Crippen molar-refractivity contribution in [3.63, 3.8) is 0 Å². The van der Waals surface area contributed by atoms with Crippen molar-refractivity contribution in [3.8, 4) is 0 Å². The summed E-state index contributed by atoms with van der Waals surface area (Å²) in [6, 6.07) is 0. The third-order valence-electron chi connectivity index (χ3n) is 0.414. The number of halogens is 1. The van der Waals surface area contributed by atoms with Gasteiger partial charge in [-0.3, -0.25) is 4.79 Å². The number of hydrogen-bond acceptors (Lipinski definition) is 5. The van der Waals surface area contributed by atoms with Gasteiger partial charge in [-0.25, -0.2) is 0 Å². The van der Waals surface area contributed by atoms with E-state index < -0.39 is 0 Å². The summed E-state index contributed by atoms with van der Waals surface area (Å²) in [5.74, 6) is -0.206. The van der Waals surface area contributed by atoms with Gasteiger partial charge in [0.1, 0.15) is 5.33 Å². The molecule has 0 unspecified atom stereocenters. The molecule has 0 saturated carbocycles. The van der Waals surface area contributed by atoms with Gasteiger partial charge in [0.15, 0.2) is 0 Å². The Morgan fingerprint density at radius 3 is 1.20 bits per heavy atom. The minimum atomic E-state index is -0.206. The fraction of sp³-hybridized carbons (Fsp3) is 0.923. The van der Waals surface area contributed by atoms with Crippen LogP contribution in [0.5, 0.6) is 0 Å². The molecule has 20 heavy (non-hydrogen) atoms. The Hall–Kier alpha value is 0.544. The molecule has 0 amide bonds. The van der Waals surface area contributed by atoms with Gasteiger partial charge in [-0.15, -0.1) is 0 Å². The van der Waals surface area contributed by atoms with Crippen LogP contribution in [0.3, 0.4) is 0 Å². The minimum Gasteiger partial charge on any atom is -0.465 e. The summed E-state index contributed by atoms with van der Waals surface area (Å²) in [6.45, 7) is 12.6. The molecule has 124 valence electrons. The number of rotatable bonds is 2. The van der Waals surface area contributed by atoms with Crippen LogP contribution in [0.25, 0.3) is 0 Å². The Morgan fingerprint density at radius 1 is 0.950 bits per heavy atom. The molecule has 5 nitrogen and oxygen atoms in total. The number of carbonyl (C=O) groups excluding carboxylic acids is 1. The molecule has 0 aromatic carbocycles. The fourth-order valence-electron chi connectivity index (χ4n) is 0.200. The predicted molar refractivity (Wildman–Crippen MR) is 82.5 cm³/mol. The summed E-state index contributed by atoms with van der Waals surface area (Å²) in [4.78, 5) is 10.1. The molecule has 0 spiro atoms. The molecular formula is C13H31BrO5Ti. The topological polar surface area (TPSA) is 87.0 Å². The molecular weight excluding hydrogens is 364 g/mol. The zero-order valence-corrected chi connectivity index (χ0v) is 16.8. The molecule has 0 radical (unpaired) electrons. The Morgan fingerprint density at radius 2 is 1.15 bits per heavy atom. The number of hydrogen-bond donors (Lipinski definition) is 3. The summed E-state index contributed by atoms with van der Waals surface area (Å²) in [5, 5.41) is 24.5. The van der Waals surface area contributed by atoms with E-state index in [2.05, 4.69) is 20.7 Å². The Kier molecular flexibility index (Phi) is 45.2. The second-order valence-corrected chi connectivity index (χ2v) is 4.78. The van der Waals surface area contributed by atoms with Crippen LogP contribution in [0.4, 0.5) is 0 Å². The third kappa shape index (κ3) is 186. The van der Waals surface area contributed by atoms with E-state index in [4.69, 9.17) is 15.3 Å². The van der Waals surface area contributed by atoms with Crippen LogP contribution >= 0.6 is 15.9 Å². The second-order valence-electron chi connectivity index (χ2n) is 4.22. The molecule has 0 atom stereocenters. The van der Waals surface area contributed by atoms with Gasteiger partial charge in [0.25, 0.3) is 0 Å². The first-order valence-corrected chi connectivity index (χ1v) is 7.39. The van der Waals surface area contributed by atoms with Gasteiger partial charge in [0, 0.05) is 40.0 Å². The van der Waals surface area contributed by atoms with Crippen molar-refractivity contribution in [1.29, 1.82) is 0 Å². The number of ether oxygens (including phenoxy) is 1. The van der Waals surface area contributed by atoms with Crippen LogP contribution in [0.1, 0.15) is 48.5 Å². The van der Waals surface area contributed by atoms with Gasteiger partial charge in [-0.2, -0.15) is 0 Å². The standard InChI is InChI=1S/C4H7BrO2.3C3H8O.Ti/c1-2-7-4(6)3-5;3*1-3(2)4;/h2-3H2,1H3;3*3-4H,1-2H3;. The normalized spacial score (nSPS) is 8.30. The molecule has 0 saturated heterocycles. The average molecular weight is 395 g/mol. The number of alkyl halides is 1. The SMILES string of the molecule is CC(C)O.CC(C)O.CC(C)O.CCOC(=O)CBr.[Ti]. The first-order chi connectivity index (χ1) is 8.50. The van der Waals surface area contributed by atoms with E-state index in [9.17, 15) is 4.79 Å². The van der Waals surface area contributed by atoms with Crippen LogP contribution in [-0.2, 0) is 31.2 Å². The molecule has 0 heterocycles. The summed E-state index contributed by atoms with van der Waals surface area (Å²) in [7, 11) is 0. The van der Waals surface area contributed by atoms with E-state index in [1.54, 1.807) is 48.5 Å². The summed E-state index contributed by atoms with van der Waals surface area (Å²) >= 11 is 2.94. The molecule has 0 aliphatic rings. The van der Waals surface area contributed by atoms with Gasteiger partial charge < -0.3 is 20.1 Å². The zero-order chi connectivity index (χ0) is 16.4. The van der Waals surface area contributed by atoms with Gasteiger partial charge >= 0.3 is 5.97 Å². The van der Waals surface area contributed by atoms with Crippen molar-refractivity contribution in [3.05, 3.63) is 0 Å². The molecule has 0 fully saturated rings. The van der Waals surface area contributed by atoms with Crippen molar-refractivity contribution < 1.29 is 46.6 Å². The fourth-order valence-corrected chi connectivity index (χ4v) is 0.361. The van der Waals surface area contributed by atoms with Crippen LogP contribution < -0.4 is 0 Å². The van der Waals surface area contributed by atoms with E-state index in [1.807, 2.05) is 0 Å². The smallest absolute Gasteiger partial charge is 0.316 e. The molecule has 0 rings (SSSR count). The largest absolute Gasteiger partial charge is 0.465 e. The Labute approximate surface area is 147 Å². The quantitative estimate of drug-likeness (QED) is 0.379. The first kappa shape index (κ1) is 32.5. The maximum absolute atomic E-state index is 10.1. The van der Waals surface area contributed by atoms with E-state index in [0.717, 1.165) is 0 Å². The van der Waals surface area contributed by atoms with Crippen molar-refractivity contribution in [1.82, 2.24) is 0 Å². The Balaban J connectivity index is -0.0000000512. The van der Waals surface area contributed by atoms with E-state index in [-0.39, 0.29) is 46.0 Å².